The molecule has 0 radical (unpaired) electrons. The highest BCUT2D eigenvalue weighted by Gasteiger charge is 2.17. The molecule has 0 saturated carbocycles. The van der Waals surface area contributed by atoms with E-state index in [0.717, 1.165) is 11.6 Å². The molecule has 0 atom stereocenters. The Morgan fingerprint density at radius 3 is 2.35 bits per heavy atom. The fraction of sp³-hybridized carbons (Fsp3) is 0.0667. The Morgan fingerprint density at radius 2 is 1.75 bits per heavy atom. The minimum absolute atomic E-state index is 0.0666. The molecule has 2 rings (SSSR count). The lowest BCUT2D eigenvalue weighted by molar-refractivity contribution is 0.0693. The van der Waals surface area contributed by atoms with Crippen molar-refractivity contribution in [1.29, 1.82) is 0 Å². The van der Waals surface area contributed by atoms with Crippen molar-refractivity contribution in [3.63, 3.8) is 0 Å². The second-order valence-electron chi connectivity index (χ2n) is 4.29. The van der Waals surface area contributed by atoms with Crippen LogP contribution in [-0.4, -0.2) is 17.0 Å². The molecule has 0 heterocycles. The lowest BCUT2D eigenvalue weighted by Crippen LogP contribution is -2.15. The van der Waals surface area contributed by atoms with E-state index in [9.17, 15) is 14.0 Å². The number of carboxylic acids is 1. The lowest BCUT2D eigenvalue weighted by atomic mass is 10.1. The van der Waals surface area contributed by atoms with Crippen LogP contribution in [0, 0.1) is 12.7 Å². The van der Waals surface area contributed by atoms with Crippen LogP contribution in [0.3, 0.4) is 0 Å². The van der Waals surface area contributed by atoms with E-state index in [4.69, 9.17) is 5.11 Å². The van der Waals surface area contributed by atoms with Gasteiger partial charge in [-0.3, -0.25) is 4.79 Å². The summed E-state index contributed by atoms with van der Waals surface area (Å²) in [6, 6.07) is 10.5. The van der Waals surface area contributed by atoms with E-state index in [1.54, 1.807) is 24.3 Å². The van der Waals surface area contributed by atoms with Crippen LogP contribution in [0.1, 0.15) is 26.3 Å². The number of carbonyl (C=O) groups excluding carboxylic acids is 1. The Balaban J connectivity index is 2.30. The van der Waals surface area contributed by atoms with Crippen LogP contribution in [0.15, 0.2) is 42.5 Å². The Morgan fingerprint density at radius 1 is 1.10 bits per heavy atom. The molecule has 0 aromatic heterocycles. The van der Waals surface area contributed by atoms with E-state index in [2.05, 4.69) is 5.32 Å². The number of aromatic carboxylic acids is 1. The van der Waals surface area contributed by atoms with Gasteiger partial charge in [0.2, 0.25) is 0 Å². The van der Waals surface area contributed by atoms with Gasteiger partial charge in [-0.2, -0.15) is 0 Å². The van der Waals surface area contributed by atoms with Crippen molar-refractivity contribution >= 4 is 17.6 Å². The van der Waals surface area contributed by atoms with Gasteiger partial charge in [0.15, 0.2) is 0 Å². The van der Waals surface area contributed by atoms with Crippen LogP contribution in [0.5, 0.6) is 0 Å². The van der Waals surface area contributed by atoms with E-state index in [-0.39, 0.29) is 5.69 Å². The molecule has 2 aromatic rings. The van der Waals surface area contributed by atoms with Crippen LogP contribution in [0.4, 0.5) is 10.1 Å². The fourth-order valence-corrected chi connectivity index (χ4v) is 1.75. The van der Waals surface area contributed by atoms with Crippen LogP contribution in [0.2, 0.25) is 0 Å². The molecule has 2 aromatic carbocycles. The Kier molecular flexibility index (Phi) is 3.79. The van der Waals surface area contributed by atoms with Gasteiger partial charge in [-0.15, -0.1) is 0 Å². The zero-order valence-electron chi connectivity index (χ0n) is 10.7. The SMILES string of the molecule is Cc1ccc(C(=O)Nc2cccc(F)c2C(=O)O)cc1. The number of anilines is 1. The molecule has 0 saturated heterocycles. The number of amides is 1. The number of hydrogen-bond donors (Lipinski definition) is 2. The van der Waals surface area contributed by atoms with E-state index < -0.39 is 23.3 Å². The molecule has 0 aliphatic carbocycles. The quantitative estimate of drug-likeness (QED) is 0.903. The molecule has 1 amide bonds. The third-order valence-corrected chi connectivity index (χ3v) is 2.79. The molecular weight excluding hydrogens is 261 g/mol. The van der Waals surface area contributed by atoms with Gasteiger partial charge in [0.25, 0.3) is 5.91 Å². The smallest absolute Gasteiger partial charge is 0.340 e. The third kappa shape index (κ3) is 2.83. The number of carbonyl (C=O) groups is 2. The standard InChI is InChI=1S/C15H12FNO3/c1-9-5-7-10(8-6-9)14(18)17-12-4-2-3-11(16)13(12)15(19)20/h2-8H,1H3,(H,17,18)(H,19,20). The number of hydrogen-bond acceptors (Lipinski definition) is 2. The van der Waals surface area contributed by atoms with Crippen molar-refractivity contribution in [2.24, 2.45) is 0 Å². The summed E-state index contributed by atoms with van der Waals surface area (Å²) in [6.45, 7) is 1.89. The predicted octanol–water partition coefficient (Wildman–Crippen LogP) is 3.08. The van der Waals surface area contributed by atoms with Crippen LogP contribution in [-0.2, 0) is 0 Å². The van der Waals surface area contributed by atoms with Gasteiger partial charge >= 0.3 is 5.97 Å². The number of benzene rings is 2. The Labute approximate surface area is 114 Å². The summed E-state index contributed by atoms with van der Waals surface area (Å²) in [7, 11) is 0. The molecule has 102 valence electrons. The zero-order valence-corrected chi connectivity index (χ0v) is 10.7. The first-order valence-electron chi connectivity index (χ1n) is 5.89. The lowest BCUT2D eigenvalue weighted by Gasteiger charge is -2.09. The number of nitrogens with one attached hydrogen (secondary N) is 1. The topological polar surface area (TPSA) is 66.4 Å². The van der Waals surface area contributed by atoms with Crippen LogP contribution < -0.4 is 5.32 Å². The van der Waals surface area contributed by atoms with E-state index in [1.807, 2.05) is 6.92 Å². The summed E-state index contributed by atoms with van der Waals surface area (Å²) in [5.41, 5.74) is 0.755. The average molecular weight is 273 g/mol. The largest absolute Gasteiger partial charge is 0.478 e. The van der Waals surface area contributed by atoms with Crippen molar-refractivity contribution in [3.8, 4) is 0 Å². The van der Waals surface area contributed by atoms with Gasteiger partial charge in [-0.1, -0.05) is 23.8 Å². The first-order valence-corrected chi connectivity index (χ1v) is 5.89. The van der Waals surface area contributed by atoms with Crippen molar-refractivity contribution in [2.45, 2.75) is 6.92 Å². The molecule has 0 aliphatic rings. The molecule has 0 unspecified atom stereocenters. The highest BCUT2D eigenvalue weighted by atomic mass is 19.1. The maximum absolute atomic E-state index is 13.5. The maximum atomic E-state index is 13.5. The molecule has 5 heteroatoms. The first kappa shape index (κ1) is 13.7. The number of rotatable bonds is 3. The Hall–Kier alpha value is -2.69. The summed E-state index contributed by atoms with van der Waals surface area (Å²) >= 11 is 0. The average Bonchev–Trinajstić information content (AvgIpc) is 2.39. The van der Waals surface area contributed by atoms with Crippen LogP contribution in [0.25, 0.3) is 0 Å². The minimum Gasteiger partial charge on any atom is -0.478 e. The number of halogens is 1. The van der Waals surface area contributed by atoms with Gasteiger partial charge in [0, 0.05) is 5.56 Å². The van der Waals surface area contributed by atoms with Crippen molar-refractivity contribution in [2.75, 3.05) is 5.32 Å². The molecule has 0 bridgehead atoms. The summed E-state index contributed by atoms with van der Waals surface area (Å²) < 4.78 is 13.5. The highest BCUT2D eigenvalue weighted by molar-refractivity contribution is 6.07. The molecule has 2 N–H and O–H groups in total. The summed E-state index contributed by atoms with van der Waals surface area (Å²) in [5.74, 6) is -2.81. The molecule has 4 nitrogen and oxygen atoms in total. The zero-order chi connectivity index (χ0) is 14.7. The van der Waals surface area contributed by atoms with Crippen molar-refractivity contribution < 1.29 is 19.1 Å². The fourth-order valence-electron chi connectivity index (χ4n) is 1.75. The second kappa shape index (κ2) is 5.52. The molecule has 0 fully saturated rings. The third-order valence-electron chi connectivity index (χ3n) is 2.79. The Bertz CT molecular complexity index is 665. The van der Waals surface area contributed by atoms with Gasteiger partial charge < -0.3 is 10.4 Å². The minimum atomic E-state index is -1.43. The predicted molar refractivity (Wildman–Crippen MR) is 72.5 cm³/mol. The molecule has 0 aliphatic heterocycles. The van der Waals surface area contributed by atoms with E-state index >= 15 is 0 Å². The van der Waals surface area contributed by atoms with Crippen molar-refractivity contribution in [3.05, 3.63) is 65.0 Å². The van der Waals surface area contributed by atoms with E-state index in [1.165, 1.54) is 12.1 Å². The van der Waals surface area contributed by atoms with E-state index in [0.29, 0.717) is 5.56 Å². The summed E-state index contributed by atoms with van der Waals surface area (Å²) in [5, 5.41) is 11.4. The maximum Gasteiger partial charge on any atom is 0.340 e. The summed E-state index contributed by atoms with van der Waals surface area (Å²) in [6.07, 6.45) is 0. The molecule has 0 spiro atoms. The normalized spacial score (nSPS) is 10.1. The monoisotopic (exact) mass is 273 g/mol. The number of carboxylic acid groups (broad SMARTS) is 1. The summed E-state index contributed by atoms with van der Waals surface area (Å²) in [4.78, 5) is 23.0. The highest BCUT2D eigenvalue weighted by Crippen LogP contribution is 2.20. The van der Waals surface area contributed by atoms with Gasteiger partial charge in [0.1, 0.15) is 11.4 Å². The van der Waals surface area contributed by atoms with Crippen molar-refractivity contribution in [1.82, 2.24) is 0 Å². The second-order valence-corrected chi connectivity index (χ2v) is 4.29. The molecular formula is C15H12FNO3. The van der Waals surface area contributed by atoms with Gasteiger partial charge in [-0.05, 0) is 31.2 Å². The van der Waals surface area contributed by atoms with Crippen LogP contribution >= 0.6 is 0 Å². The van der Waals surface area contributed by atoms with Gasteiger partial charge in [-0.25, -0.2) is 9.18 Å². The van der Waals surface area contributed by atoms with Gasteiger partial charge in [0.05, 0.1) is 5.69 Å². The first-order chi connectivity index (χ1) is 9.49. The number of aryl methyl sites for hydroxylation is 1. The molecule has 20 heavy (non-hydrogen) atoms.